The van der Waals surface area contributed by atoms with E-state index in [0.717, 1.165) is 6.07 Å². The van der Waals surface area contributed by atoms with Gasteiger partial charge in [0.2, 0.25) is 0 Å². The molecule has 118 valence electrons. The van der Waals surface area contributed by atoms with Gasteiger partial charge in [-0.15, -0.1) is 0 Å². The molecular formula is C14H13ClF2N2O3. The number of anilines is 1. The Balaban J connectivity index is 2.00. The van der Waals surface area contributed by atoms with Crippen molar-refractivity contribution in [1.29, 1.82) is 0 Å². The Morgan fingerprint density at radius 2 is 2.18 bits per heavy atom. The molecule has 0 aliphatic rings. The summed E-state index contributed by atoms with van der Waals surface area (Å²) in [5.74, 6) is -1.59. The highest BCUT2D eigenvalue weighted by molar-refractivity contribution is 6.33. The molecule has 0 saturated heterocycles. The largest absolute Gasteiger partial charge is 0.466 e. The minimum absolute atomic E-state index is 0.188. The van der Waals surface area contributed by atoms with Gasteiger partial charge in [-0.3, -0.25) is 0 Å². The lowest BCUT2D eigenvalue weighted by Crippen LogP contribution is -2.40. The van der Waals surface area contributed by atoms with Crippen LogP contribution in [0.2, 0.25) is 5.02 Å². The fraction of sp³-hybridized carbons (Fsp3) is 0.214. The van der Waals surface area contributed by atoms with E-state index in [1.165, 1.54) is 13.2 Å². The number of halogens is 3. The van der Waals surface area contributed by atoms with Crippen molar-refractivity contribution >= 4 is 23.3 Å². The predicted molar refractivity (Wildman–Crippen MR) is 76.7 cm³/mol. The maximum atomic E-state index is 13.5. The summed E-state index contributed by atoms with van der Waals surface area (Å²) < 4.78 is 31.5. The Bertz CT molecular complexity index is 652. The van der Waals surface area contributed by atoms with Gasteiger partial charge in [0.1, 0.15) is 17.2 Å². The predicted octanol–water partition coefficient (Wildman–Crippen LogP) is 3.24. The van der Waals surface area contributed by atoms with Crippen molar-refractivity contribution in [2.75, 3.05) is 11.9 Å². The number of amides is 2. The SMILES string of the molecule is CC(O)(CNC(=O)Nc1c(F)cc(F)cc1Cl)c1ccco1. The Hall–Kier alpha value is -2.12. The number of aliphatic hydroxyl groups is 1. The average molecular weight is 331 g/mol. The smallest absolute Gasteiger partial charge is 0.319 e. The molecule has 2 rings (SSSR count). The maximum absolute atomic E-state index is 13.5. The number of furan rings is 1. The van der Waals surface area contributed by atoms with Crippen LogP contribution in [0.15, 0.2) is 34.9 Å². The molecule has 0 fully saturated rings. The molecule has 1 heterocycles. The van der Waals surface area contributed by atoms with Crippen molar-refractivity contribution in [2.45, 2.75) is 12.5 Å². The second-order valence-electron chi connectivity index (χ2n) is 4.80. The molecule has 0 bridgehead atoms. The lowest BCUT2D eigenvalue weighted by molar-refractivity contribution is 0.0372. The molecule has 1 atom stereocenters. The summed E-state index contributed by atoms with van der Waals surface area (Å²) in [6.45, 7) is 1.25. The molecule has 0 spiro atoms. The third-order valence-electron chi connectivity index (χ3n) is 2.89. The van der Waals surface area contributed by atoms with E-state index in [4.69, 9.17) is 16.0 Å². The minimum atomic E-state index is -1.44. The van der Waals surface area contributed by atoms with E-state index in [2.05, 4.69) is 10.6 Å². The number of hydrogen-bond donors (Lipinski definition) is 3. The van der Waals surface area contributed by atoms with Gasteiger partial charge in [0.05, 0.1) is 23.5 Å². The molecular weight excluding hydrogens is 318 g/mol. The van der Waals surface area contributed by atoms with Gasteiger partial charge in [-0.05, 0) is 25.1 Å². The molecule has 2 aromatic rings. The fourth-order valence-electron chi connectivity index (χ4n) is 1.74. The summed E-state index contributed by atoms with van der Waals surface area (Å²) in [5.41, 5.74) is -1.79. The van der Waals surface area contributed by atoms with Crippen molar-refractivity contribution in [3.8, 4) is 0 Å². The third-order valence-corrected chi connectivity index (χ3v) is 3.19. The molecule has 8 heteroatoms. The molecule has 2 amide bonds. The van der Waals surface area contributed by atoms with E-state index in [9.17, 15) is 18.7 Å². The average Bonchev–Trinajstić information content (AvgIpc) is 2.95. The lowest BCUT2D eigenvalue weighted by atomic mass is 10.0. The summed E-state index contributed by atoms with van der Waals surface area (Å²) in [7, 11) is 0. The maximum Gasteiger partial charge on any atom is 0.319 e. The molecule has 0 aliphatic heterocycles. The first-order chi connectivity index (χ1) is 10.3. The summed E-state index contributed by atoms with van der Waals surface area (Å²) in [6, 6.07) is 3.81. The van der Waals surface area contributed by atoms with Crippen molar-refractivity contribution in [2.24, 2.45) is 0 Å². The van der Waals surface area contributed by atoms with Crippen LogP contribution in [0.25, 0.3) is 0 Å². The first-order valence-corrected chi connectivity index (χ1v) is 6.63. The number of nitrogens with one attached hydrogen (secondary N) is 2. The Morgan fingerprint density at radius 3 is 2.77 bits per heavy atom. The van der Waals surface area contributed by atoms with Crippen LogP contribution >= 0.6 is 11.6 Å². The quantitative estimate of drug-likeness (QED) is 0.805. The van der Waals surface area contributed by atoms with Crippen LogP contribution in [0.3, 0.4) is 0 Å². The number of benzene rings is 1. The monoisotopic (exact) mass is 330 g/mol. The van der Waals surface area contributed by atoms with E-state index in [0.29, 0.717) is 6.07 Å². The minimum Gasteiger partial charge on any atom is -0.466 e. The molecule has 0 saturated carbocycles. The van der Waals surface area contributed by atoms with Crippen molar-refractivity contribution in [3.63, 3.8) is 0 Å². The van der Waals surface area contributed by atoms with E-state index in [-0.39, 0.29) is 23.0 Å². The highest BCUT2D eigenvalue weighted by Gasteiger charge is 2.27. The molecule has 0 aliphatic carbocycles. The molecule has 1 aromatic carbocycles. The number of carbonyl (C=O) groups is 1. The zero-order valence-electron chi connectivity index (χ0n) is 11.5. The van der Waals surface area contributed by atoms with Crippen LogP contribution in [0.4, 0.5) is 19.3 Å². The molecule has 22 heavy (non-hydrogen) atoms. The molecule has 1 unspecified atom stereocenters. The Kier molecular flexibility index (Phi) is 4.68. The summed E-state index contributed by atoms with van der Waals surface area (Å²) in [5, 5.41) is 14.4. The second kappa shape index (κ2) is 6.33. The van der Waals surface area contributed by atoms with Gasteiger partial charge in [0.25, 0.3) is 0 Å². The summed E-state index contributed by atoms with van der Waals surface area (Å²) in [4.78, 5) is 11.7. The topological polar surface area (TPSA) is 74.5 Å². The lowest BCUT2D eigenvalue weighted by Gasteiger charge is -2.21. The standard InChI is InChI=1S/C14H13ClF2N2O3/c1-14(21,11-3-2-4-22-11)7-18-13(20)19-12-9(15)5-8(16)6-10(12)17/h2-6,21H,7H2,1H3,(H2,18,19,20). The summed E-state index contributed by atoms with van der Waals surface area (Å²) in [6.07, 6.45) is 1.39. The van der Waals surface area contributed by atoms with E-state index in [1.54, 1.807) is 12.1 Å². The third kappa shape index (κ3) is 3.75. The highest BCUT2D eigenvalue weighted by atomic mass is 35.5. The van der Waals surface area contributed by atoms with Crippen LogP contribution in [0, 0.1) is 11.6 Å². The van der Waals surface area contributed by atoms with Crippen molar-refractivity contribution < 1.29 is 23.1 Å². The van der Waals surface area contributed by atoms with Gasteiger partial charge in [-0.2, -0.15) is 0 Å². The first kappa shape index (κ1) is 16.3. The van der Waals surface area contributed by atoms with Crippen molar-refractivity contribution in [3.05, 3.63) is 52.9 Å². The zero-order valence-corrected chi connectivity index (χ0v) is 12.2. The number of urea groups is 1. The van der Waals surface area contributed by atoms with Gasteiger partial charge < -0.3 is 20.2 Å². The Morgan fingerprint density at radius 1 is 1.45 bits per heavy atom. The molecule has 5 nitrogen and oxygen atoms in total. The number of hydrogen-bond acceptors (Lipinski definition) is 3. The van der Waals surface area contributed by atoms with E-state index >= 15 is 0 Å². The zero-order chi connectivity index (χ0) is 16.3. The van der Waals surface area contributed by atoms with Gasteiger partial charge in [0.15, 0.2) is 5.82 Å². The van der Waals surface area contributed by atoms with Gasteiger partial charge in [-0.25, -0.2) is 13.6 Å². The molecule has 3 N–H and O–H groups in total. The highest BCUT2D eigenvalue weighted by Crippen LogP contribution is 2.26. The van der Waals surface area contributed by atoms with Crippen LogP contribution in [-0.4, -0.2) is 17.7 Å². The van der Waals surface area contributed by atoms with E-state index < -0.39 is 23.3 Å². The van der Waals surface area contributed by atoms with Gasteiger partial charge >= 0.3 is 6.03 Å². The normalized spacial score (nSPS) is 13.5. The van der Waals surface area contributed by atoms with Gasteiger partial charge in [0, 0.05) is 6.07 Å². The molecule has 0 radical (unpaired) electrons. The van der Waals surface area contributed by atoms with Crippen LogP contribution in [-0.2, 0) is 5.60 Å². The van der Waals surface area contributed by atoms with Crippen molar-refractivity contribution in [1.82, 2.24) is 5.32 Å². The second-order valence-corrected chi connectivity index (χ2v) is 5.21. The number of carbonyl (C=O) groups excluding carboxylic acids is 1. The molecule has 1 aromatic heterocycles. The van der Waals surface area contributed by atoms with Crippen LogP contribution < -0.4 is 10.6 Å². The van der Waals surface area contributed by atoms with Gasteiger partial charge in [-0.1, -0.05) is 11.6 Å². The first-order valence-electron chi connectivity index (χ1n) is 6.25. The van der Waals surface area contributed by atoms with Crippen LogP contribution in [0.1, 0.15) is 12.7 Å². The Labute approximate surface area is 129 Å². The fourth-order valence-corrected chi connectivity index (χ4v) is 1.99. The number of rotatable bonds is 4. The van der Waals surface area contributed by atoms with E-state index in [1.807, 2.05) is 0 Å². The van der Waals surface area contributed by atoms with Crippen LogP contribution in [0.5, 0.6) is 0 Å². The summed E-state index contributed by atoms with van der Waals surface area (Å²) >= 11 is 5.66.